The predicted molar refractivity (Wildman–Crippen MR) is 63.0 cm³/mol. The van der Waals surface area contributed by atoms with E-state index in [1.807, 2.05) is 0 Å². The fraction of sp³-hybridized carbons (Fsp3) is 0.727. The third kappa shape index (κ3) is 5.22. The first-order valence-electron chi connectivity index (χ1n) is 5.26. The molecule has 0 aromatic heterocycles. The number of hydrogen-bond donors (Lipinski definition) is 0. The van der Waals surface area contributed by atoms with E-state index in [-0.39, 0.29) is 5.97 Å². The molecule has 3 heteroatoms. The van der Waals surface area contributed by atoms with E-state index in [2.05, 4.69) is 33.1 Å². The monoisotopic (exact) mass is 214 g/mol. The fourth-order valence-corrected chi connectivity index (χ4v) is 1.59. The molecule has 0 aliphatic heterocycles. The summed E-state index contributed by atoms with van der Waals surface area (Å²) in [5, 5.41) is 0.689. The van der Waals surface area contributed by atoms with Crippen molar-refractivity contribution in [3.05, 3.63) is 11.8 Å². The second kappa shape index (κ2) is 6.01. The second-order valence-corrected chi connectivity index (χ2v) is 9.68. The van der Waals surface area contributed by atoms with Gasteiger partial charge >= 0.3 is 5.97 Å². The number of unbranched alkanes of at least 4 members (excludes halogenated alkanes) is 2. The molecule has 0 spiro atoms. The Balaban J connectivity index is 3.81. The first-order valence-corrected chi connectivity index (χ1v) is 8.76. The van der Waals surface area contributed by atoms with Gasteiger partial charge in [0, 0.05) is 5.20 Å². The van der Waals surface area contributed by atoms with Crippen LogP contribution < -0.4 is 0 Å². The maximum absolute atomic E-state index is 11.5. The molecule has 0 saturated heterocycles. The molecule has 0 aromatic rings. The van der Waals surface area contributed by atoms with Crippen LogP contribution in [0.25, 0.3) is 0 Å². The molecule has 2 nitrogen and oxygen atoms in total. The molecule has 0 atom stereocenters. The van der Waals surface area contributed by atoms with Crippen molar-refractivity contribution in [3.63, 3.8) is 0 Å². The molecule has 0 aromatic carbocycles. The Labute approximate surface area is 88.4 Å². The third-order valence-electron chi connectivity index (χ3n) is 2.13. The molecule has 14 heavy (non-hydrogen) atoms. The normalized spacial score (nSPS) is 11.1. The summed E-state index contributed by atoms with van der Waals surface area (Å²) in [6.45, 7) is 12.8. The molecular formula is C11H22O2Si. The van der Waals surface area contributed by atoms with Crippen molar-refractivity contribution in [2.45, 2.75) is 45.8 Å². The van der Waals surface area contributed by atoms with E-state index in [9.17, 15) is 4.79 Å². The molecule has 0 saturated carbocycles. The van der Waals surface area contributed by atoms with Gasteiger partial charge in [0.2, 0.25) is 0 Å². The van der Waals surface area contributed by atoms with Crippen molar-refractivity contribution in [2.24, 2.45) is 0 Å². The number of ether oxygens (including phenoxy) is 1. The highest BCUT2D eigenvalue weighted by molar-refractivity contribution is 6.86. The smallest absolute Gasteiger partial charge is 0.329 e. The van der Waals surface area contributed by atoms with Crippen LogP contribution >= 0.6 is 0 Å². The largest absolute Gasteiger partial charge is 0.463 e. The van der Waals surface area contributed by atoms with E-state index < -0.39 is 8.07 Å². The maximum Gasteiger partial charge on any atom is 0.329 e. The summed E-state index contributed by atoms with van der Waals surface area (Å²) in [5.74, 6) is -0.194. The van der Waals surface area contributed by atoms with Crippen molar-refractivity contribution in [2.75, 3.05) is 6.61 Å². The van der Waals surface area contributed by atoms with Crippen molar-refractivity contribution in [1.29, 1.82) is 0 Å². The molecular weight excluding hydrogens is 192 g/mol. The van der Waals surface area contributed by atoms with Crippen molar-refractivity contribution in [3.8, 4) is 0 Å². The minimum Gasteiger partial charge on any atom is -0.463 e. The van der Waals surface area contributed by atoms with Gasteiger partial charge in [0.05, 0.1) is 14.7 Å². The summed E-state index contributed by atoms with van der Waals surface area (Å²) < 4.78 is 5.13. The van der Waals surface area contributed by atoms with E-state index in [1.165, 1.54) is 0 Å². The molecule has 82 valence electrons. The quantitative estimate of drug-likeness (QED) is 0.294. The molecule has 0 unspecified atom stereocenters. The summed E-state index contributed by atoms with van der Waals surface area (Å²) in [6.07, 6.45) is 3.22. The van der Waals surface area contributed by atoms with Gasteiger partial charge in [-0.15, -0.1) is 0 Å². The van der Waals surface area contributed by atoms with Crippen molar-refractivity contribution in [1.82, 2.24) is 0 Å². The van der Waals surface area contributed by atoms with Crippen LogP contribution in [0.15, 0.2) is 11.8 Å². The van der Waals surface area contributed by atoms with Crippen molar-refractivity contribution >= 4 is 14.0 Å². The Kier molecular flexibility index (Phi) is 5.77. The van der Waals surface area contributed by atoms with Crippen LogP contribution in [0.5, 0.6) is 0 Å². The van der Waals surface area contributed by atoms with Gasteiger partial charge in [0.1, 0.15) is 0 Å². The molecule has 0 radical (unpaired) electrons. The van der Waals surface area contributed by atoms with Gasteiger partial charge in [-0.1, -0.05) is 46.0 Å². The van der Waals surface area contributed by atoms with Gasteiger partial charge in [-0.2, -0.15) is 0 Å². The highest BCUT2D eigenvalue weighted by atomic mass is 28.3. The zero-order chi connectivity index (χ0) is 11.2. The van der Waals surface area contributed by atoms with E-state index in [0.717, 1.165) is 19.3 Å². The Morgan fingerprint density at radius 1 is 1.29 bits per heavy atom. The maximum atomic E-state index is 11.5. The molecule has 0 fully saturated rings. The average molecular weight is 214 g/mol. The summed E-state index contributed by atoms with van der Waals surface area (Å²) in [6, 6.07) is 0. The SMILES string of the molecule is C=C(C(=O)OCCCCC)[Si](C)(C)C. The number of carbonyl (C=O) groups excluding carboxylic acids is 1. The van der Waals surface area contributed by atoms with E-state index in [1.54, 1.807) is 0 Å². The Morgan fingerprint density at radius 3 is 2.29 bits per heavy atom. The standard InChI is InChI=1S/C11H22O2Si/c1-6-7-8-9-13-11(12)10(2)14(3,4)5/h2,6-9H2,1,3-5H3. The lowest BCUT2D eigenvalue weighted by atomic mass is 10.3. The molecule has 0 aliphatic carbocycles. The van der Waals surface area contributed by atoms with E-state index in [4.69, 9.17) is 4.74 Å². The number of hydrogen-bond acceptors (Lipinski definition) is 2. The van der Waals surface area contributed by atoms with E-state index >= 15 is 0 Å². The molecule has 0 bridgehead atoms. The van der Waals surface area contributed by atoms with Crippen LogP contribution in [0.1, 0.15) is 26.2 Å². The Hall–Kier alpha value is -0.573. The first kappa shape index (κ1) is 13.4. The summed E-state index contributed by atoms with van der Waals surface area (Å²) in [5.41, 5.74) is 0. The number of rotatable bonds is 6. The van der Waals surface area contributed by atoms with Crippen LogP contribution in [-0.2, 0) is 9.53 Å². The average Bonchev–Trinajstić information content (AvgIpc) is 2.09. The van der Waals surface area contributed by atoms with Crippen LogP contribution in [0.3, 0.4) is 0 Å². The van der Waals surface area contributed by atoms with Crippen LogP contribution in [0.4, 0.5) is 0 Å². The van der Waals surface area contributed by atoms with Crippen LogP contribution in [0.2, 0.25) is 19.6 Å². The van der Waals surface area contributed by atoms with Gasteiger partial charge in [-0.3, -0.25) is 0 Å². The van der Waals surface area contributed by atoms with Crippen LogP contribution in [0, 0.1) is 0 Å². The zero-order valence-corrected chi connectivity index (χ0v) is 10.9. The summed E-state index contributed by atoms with van der Waals surface area (Å²) >= 11 is 0. The lowest BCUT2D eigenvalue weighted by Gasteiger charge is -2.17. The minimum absolute atomic E-state index is 0.194. The highest BCUT2D eigenvalue weighted by Crippen LogP contribution is 2.13. The van der Waals surface area contributed by atoms with Gasteiger partial charge in [-0.25, -0.2) is 4.79 Å². The molecule has 0 aliphatic rings. The van der Waals surface area contributed by atoms with Gasteiger partial charge in [-0.05, 0) is 6.42 Å². The first-order chi connectivity index (χ1) is 6.39. The van der Waals surface area contributed by atoms with Gasteiger partial charge in [0.25, 0.3) is 0 Å². The lowest BCUT2D eigenvalue weighted by molar-refractivity contribution is -0.138. The second-order valence-electron chi connectivity index (χ2n) is 4.57. The van der Waals surface area contributed by atoms with Crippen LogP contribution in [-0.4, -0.2) is 20.7 Å². The summed E-state index contributed by atoms with van der Waals surface area (Å²) in [4.78, 5) is 11.5. The summed E-state index contributed by atoms with van der Waals surface area (Å²) in [7, 11) is -1.56. The molecule has 0 heterocycles. The third-order valence-corrected chi connectivity index (χ3v) is 4.15. The molecule has 0 N–H and O–H groups in total. The Morgan fingerprint density at radius 2 is 1.86 bits per heavy atom. The number of esters is 1. The highest BCUT2D eigenvalue weighted by Gasteiger charge is 2.24. The predicted octanol–water partition coefficient (Wildman–Crippen LogP) is 3.15. The zero-order valence-electron chi connectivity index (χ0n) is 9.85. The fourth-order valence-electron chi connectivity index (χ4n) is 0.910. The van der Waals surface area contributed by atoms with Gasteiger partial charge < -0.3 is 4.74 Å². The minimum atomic E-state index is -1.56. The Bertz CT molecular complexity index is 204. The van der Waals surface area contributed by atoms with Gasteiger partial charge in [0.15, 0.2) is 0 Å². The topological polar surface area (TPSA) is 26.3 Å². The molecule has 0 rings (SSSR count). The van der Waals surface area contributed by atoms with Crippen molar-refractivity contribution < 1.29 is 9.53 Å². The van der Waals surface area contributed by atoms with E-state index in [0.29, 0.717) is 11.8 Å². The lowest BCUT2D eigenvalue weighted by Crippen LogP contribution is -2.30. The number of carbonyl (C=O) groups is 1. The molecule has 0 amide bonds.